The maximum Gasteiger partial charge on any atom is 0.434 e. The molecule has 24 heavy (non-hydrogen) atoms. The molecule has 0 atom stereocenters. The van der Waals surface area contributed by atoms with Crippen molar-refractivity contribution in [2.75, 3.05) is 13.6 Å². The molecule has 0 saturated heterocycles. The van der Waals surface area contributed by atoms with Crippen molar-refractivity contribution in [3.8, 4) is 0 Å². The van der Waals surface area contributed by atoms with Gasteiger partial charge < -0.3 is 10.6 Å². The molecule has 2 aromatic rings. The Kier molecular flexibility index (Phi) is 6.13. The number of rotatable bonds is 5. The highest BCUT2D eigenvalue weighted by molar-refractivity contribution is 7.09. The van der Waals surface area contributed by atoms with Crippen molar-refractivity contribution in [2.24, 2.45) is 4.99 Å². The van der Waals surface area contributed by atoms with Crippen LogP contribution in [0.25, 0.3) is 0 Å². The summed E-state index contributed by atoms with van der Waals surface area (Å²) in [7, 11) is 1.57. The van der Waals surface area contributed by atoms with Crippen LogP contribution in [0.15, 0.2) is 34.6 Å². The molecule has 0 saturated carbocycles. The standard InChI is InChI=1S/C15H16F4N4S/c1-20-14(21-7-6-10-2-4-11(16)5-3-10)22-8-13-23-12(9-24-13)15(17,18)19/h2-5,9H,6-8H2,1H3,(H2,20,21,22). The Balaban J connectivity index is 1.78. The number of hydrogen-bond acceptors (Lipinski definition) is 3. The summed E-state index contributed by atoms with van der Waals surface area (Å²) in [4.78, 5) is 7.53. The zero-order chi connectivity index (χ0) is 17.6. The van der Waals surface area contributed by atoms with Crippen molar-refractivity contribution in [3.63, 3.8) is 0 Å². The highest BCUT2D eigenvalue weighted by atomic mass is 32.1. The van der Waals surface area contributed by atoms with Gasteiger partial charge in [0.2, 0.25) is 0 Å². The number of thiazole rings is 1. The first-order valence-corrected chi connectivity index (χ1v) is 7.97. The third kappa shape index (κ3) is 5.48. The van der Waals surface area contributed by atoms with E-state index in [1.807, 2.05) is 0 Å². The summed E-state index contributed by atoms with van der Waals surface area (Å²) in [6, 6.07) is 6.18. The molecule has 2 rings (SSSR count). The fraction of sp³-hybridized carbons (Fsp3) is 0.333. The second kappa shape index (κ2) is 8.09. The number of aromatic nitrogens is 1. The largest absolute Gasteiger partial charge is 0.434 e. The molecule has 0 aliphatic rings. The summed E-state index contributed by atoms with van der Waals surface area (Å²) < 4.78 is 50.3. The number of nitrogens with zero attached hydrogens (tertiary/aromatic N) is 2. The quantitative estimate of drug-likeness (QED) is 0.489. The Bertz CT molecular complexity index is 680. The fourth-order valence-electron chi connectivity index (χ4n) is 1.88. The van der Waals surface area contributed by atoms with Gasteiger partial charge in [-0.15, -0.1) is 11.3 Å². The van der Waals surface area contributed by atoms with Crippen LogP contribution in [0.1, 0.15) is 16.3 Å². The van der Waals surface area contributed by atoms with Crippen LogP contribution < -0.4 is 10.6 Å². The molecular weight excluding hydrogens is 344 g/mol. The number of hydrogen-bond donors (Lipinski definition) is 2. The summed E-state index contributed by atoms with van der Waals surface area (Å²) in [6.07, 6.45) is -3.76. The summed E-state index contributed by atoms with van der Waals surface area (Å²) in [5.74, 6) is 0.173. The number of nitrogens with one attached hydrogen (secondary N) is 2. The van der Waals surface area contributed by atoms with E-state index in [1.165, 1.54) is 12.1 Å². The van der Waals surface area contributed by atoms with Crippen LogP contribution >= 0.6 is 11.3 Å². The maximum atomic E-state index is 12.8. The second-order valence-corrected chi connectivity index (χ2v) is 5.80. The molecular formula is C15H16F4N4S. The average Bonchev–Trinajstić information content (AvgIpc) is 3.01. The van der Waals surface area contributed by atoms with Crippen molar-refractivity contribution in [1.82, 2.24) is 15.6 Å². The zero-order valence-electron chi connectivity index (χ0n) is 12.8. The molecule has 9 heteroatoms. The first-order valence-electron chi connectivity index (χ1n) is 7.09. The van der Waals surface area contributed by atoms with E-state index in [0.29, 0.717) is 23.9 Å². The molecule has 130 valence electrons. The van der Waals surface area contributed by atoms with Gasteiger partial charge in [-0.05, 0) is 24.1 Å². The topological polar surface area (TPSA) is 49.3 Å². The van der Waals surface area contributed by atoms with Crippen molar-refractivity contribution in [1.29, 1.82) is 0 Å². The molecule has 0 fully saturated rings. The number of aliphatic imine (C=N–C) groups is 1. The summed E-state index contributed by atoms with van der Waals surface area (Å²) >= 11 is 0.939. The first-order chi connectivity index (χ1) is 11.4. The lowest BCUT2D eigenvalue weighted by Gasteiger charge is -2.11. The minimum atomic E-state index is -4.43. The summed E-state index contributed by atoms with van der Waals surface area (Å²) in [6.45, 7) is 0.702. The molecule has 0 unspecified atom stereocenters. The average molecular weight is 360 g/mol. The molecule has 0 bridgehead atoms. The van der Waals surface area contributed by atoms with Gasteiger partial charge in [-0.25, -0.2) is 9.37 Å². The molecule has 0 spiro atoms. The predicted molar refractivity (Wildman–Crippen MR) is 85.4 cm³/mol. The van der Waals surface area contributed by atoms with Crippen molar-refractivity contribution in [2.45, 2.75) is 19.1 Å². The molecule has 0 amide bonds. The molecule has 1 aromatic heterocycles. The van der Waals surface area contributed by atoms with Gasteiger partial charge in [-0.3, -0.25) is 4.99 Å². The van der Waals surface area contributed by atoms with Gasteiger partial charge in [0.25, 0.3) is 0 Å². The van der Waals surface area contributed by atoms with Gasteiger partial charge in [0.1, 0.15) is 10.8 Å². The van der Waals surface area contributed by atoms with Gasteiger partial charge in [0.15, 0.2) is 11.7 Å². The van der Waals surface area contributed by atoms with E-state index in [2.05, 4.69) is 20.6 Å². The number of alkyl halides is 3. The van der Waals surface area contributed by atoms with Crippen molar-refractivity contribution >= 4 is 17.3 Å². The lowest BCUT2D eigenvalue weighted by Crippen LogP contribution is -2.37. The second-order valence-electron chi connectivity index (χ2n) is 4.85. The van der Waals surface area contributed by atoms with E-state index in [4.69, 9.17) is 0 Å². The molecule has 0 aliphatic carbocycles. The van der Waals surface area contributed by atoms with E-state index in [9.17, 15) is 17.6 Å². The Morgan fingerprint density at radius 1 is 1.21 bits per heavy atom. The van der Waals surface area contributed by atoms with Crippen LogP contribution in [-0.2, 0) is 19.1 Å². The van der Waals surface area contributed by atoms with Gasteiger partial charge in [0, 0.05) is 19.0 Å². The SMILES string of the molecule is CN=C(NCCc1ccc(F)cc1)NCc1nc(C(F)(F)F)cs1. The summed E-state index contributed by atoms with van der Waals surface area (Å²) in [5, 5.41) is 7.26. The number of halogens is 4. The van der Waals surface area contributed by atoms with Crippen LogP contribution in [-0.4, -0.2) is 24.5 Å². The number of benzene rings is 1. The summed E-state index contributed by atoms with van der Waals surface area (Å²) in [5.41, 5.74) is 0.0812. The van der Waals surface area contributed by atoms with E-state index in [-0.39, 0.29) is 12.4 Å². The Hall–Kier alpha value is -2.16. The van der Waals surface area contributed by atoms with Crippen molar-refractivity contribution in [3.05, 3.63) is 51.7 Å². The maximum absolute atomic E-state index is 12.8. The van der Waals surface area contributed by atoms with E-state index in [1.54, 1.807) is 19.2 Å². The highest BCUT2D eigenvalue weighted by Gasteiger charge is 2.33. The lowest BCUT2D eigenvalue weighted by molar-refractivity contribution is -0.140. The zero-order valence-corrected chi connectivity index (χ0v) is 13.6. The molecule has 0 aliphatic heterocycles. The highest BCUT2D eigenvalue weighted by Crippen LogP contribution is 2.29. The van der Waals surface area contributed by atoms with Crippen LogP contribution in [0, 0.1) is 5.82 Å². The predicted octanol–water partition coefficient (Wildman–Crippen LogP) is 3.21. The third-order valence-corrected chi connectivity index (χ3v) is 3.94. The fourth-order valence-corrected chi connectivity index (χ4v) is 2.62. The van der Waals surface area contributed by atoms with Gasteiger partial charge >= 0.3 is 6.18 Å². The molecule has 1 aromatic carbocycles. The molecule has 0 radical (unpaired) electrons. The van der Waals surface area contributed by atoms with E-state index < -0.39 is 11.9 Å². The lowest BCUT2D eigenvalue weighted by atomic mass is 10.1. The Labute approximate surface area is 140 Å². The van der Waals surface area contributed by atoms with Crippen molar-refractivity contribution < 1.29 is 17.6 Å². The van der Waals surface area contributed by atoms with Gasteiger partial charge in [-0.1, -0.05) is 12.1 Å². The molecule has 4 nitrogen and oxygen atoms in total. The number of guanidine groups is 1. The van der Waals surface area contributed by atoms with E-state index >= 15 is 0 Å². The molecule has 1 heterocycles. The third-order valence-electron chi connectivity index (χ3n) is 3.09. The van der Waals surface area contributed by atoms with Crippen LogP contribution in [0.2, 0.25) is 0 Å². The first kappa shape index (κ1) is 18.2. The monoisotopic (exact) mass is 360 g/mol. The van der Waals surface area contributed by atoms with Crippen LogP contribution in [0.5, 0.6) is 0 Å². The molecule has 2 N–H and O–H groups in total. The minimum absolute atomic E-state index is 0.150. The smallest absolute Gasteiger partial charge is 0.356 e. The van der Waals surface area contributed by atoms with Crippen LogP contribution in [0.4, 0.5) is 17.6 Å². The normalized spacial score (nSPS) is 12.3. The van der Waals surface area contributed by atoms with E-state index in [0.717, 1.165) is 22.3 Å². The Morgan fingerprint density at radius 3 is 2.50 bits per heavy atom. The van der Waals surface area contributed by atoms with Gasteiger partial charge in [-0.2, -0.15) is 13.2 Å². The minimum Gasteiger partial charge on any atom is -0.356 e. The van der Waals surface area contributed by atoms with Crippen LogP contribution in [0.3, 0.4) is 0 Å². The Morgan fingerprint density at radius 2 is 1.92 bits per heavy atom. The van der Waals surface area contributed by atoms with Gasteiger partial charge in [0.05, 0.1) is 6.54 Å².